The highest BCUT2D eigenvalue weighted by molar-refractivity contribution is 7.85. The zero-order valence-electron chi connectivity index (χ0n) is 11.4. The molecule has 0 heterocycles. The van der Waals surface area contributed by atoms with E-state index >= 15 is 0 Å². The monoisotopic (exact) mass is 333 g/mol. The number of carbonyl (C=O) groups excluding carboxylic acids is 1. The molecule has 2 amide bonds. The summed E-state index contributed by atoms with van der Waals surface area (Å²) in [5.41, 5.74) is 5.19. The number of anilines is 1. The molecule has 0 fully saturated rings. The van der Waals surface area contributed by atoms with Gasteiger partial charge in [0.15, 0.2) is 0 Å². The Balaban J connectivity index is 2.87. The van der Waals surface area contributed by atoms with Crippen LogP contribution in [0, 0.1) is 0 Å². The minimum Gasteiger partial charge on any atom is -0.495 e. The summed E-state index contributed by atoms with van der Waals surface area (Å²) in [4.78, 5) is 21.7. The molecule has 10 nitrogen and oxygen atoms in total. The maximum Gasteiger partial charge on any atom is 0.322 e. The molecule has 122 valence electrons. The average Bonchev–Trinajstić information content (AvgIpc) is 2.43. The SMILES string of the molecule is COc1ccc(S(=O)(=O)O)cc1NC(=O)NCC(N)C(=O)O. The predicted molar refractivity (Wildman–Crippen MR) is 75.4 cm³/mol. The van der Waals surface area contributed by atoms with E-state index in [-0.39, 0.29) is 18.0 Å². The van der Waals surface area contributed by atoms with Crippen molar-refractivity contribution in [2.24, 2.45) is 5.73 Å². The maximum atomic E-state index is 11.6. The van der Waals surface area contributed by atoms with Crippen molar-refractivity contribution in [1.82, 2.24) is 5.32 Å². The Labute approximate surface area is 126 Å². The lowest BCUT2D eigenvalue weighted by Crippen LogP contribution is -2.43. The molecule has 0 bridgehead atoms. The molecule has 1 rings (SSSR count). The predicted octanol–water partition coefficient (Wildman–Crippen LogP) is -0.525. The molecule has 6 N–H and O–H groups in total. The van der Waals surface area contributed by atoms with Crippen LogP contribution in [-0.2, 0) is 14.9 Å². The fraction of sp³-hybridized carbons (Fsp3) is 0.273. The van der Waals surface area contributed by atoms with Gasteiger partial charge in [-0.25, -0.2) is 4.79 Å². The van der Waals surface area contributed by atoms with Gasteiger partial charge in [-0.2, -0.15) is 8.42 Å². The topological polar surface area (TPSA) is 168 Å². The van der Waals surface area contributed by atoms with Crippen molar-refractivity contribution in [3.8, 4) is 5.75 Å². The Bertz CT molecular complexity index is 674. The quantitative estimate of drug-likeness (QED) is 0.433. The van der Waals surface area contributed by atoms with Crippen molar-refractivity contribution < 1.29 is 32.4 Å². The first-order chi connectivity index (χ1) is 10.1. The lowest BCUT2D eigenvalue weighted by molar-refractivity contribution is -0.138. The van der Waals surface area contributed by atoms with Crippen LogP contribution in [0.1, 0.15) is 0 Å². The van der Waals surface area contributed by atoms with Crippen LogP contribution in [0.2, 0.25) is 0 Å². The van der Waals surface area contributed by atoms with Crippen molar-refractivity contribution in [2.45, 2.75) is 10.9 Å². The number of hydrogen-bond donors (Lipinski definition) is 5. The summed E-state index contributed by atoms with van der Waals surface area (Å²) in [6.07, 6.45) is 0. The number of carboxylic acids is 1. The third-order valence-corrected chi connectivity index (χ3v) is 3.37. The van der Waals surface area contributed by atoms with Gasteiger partial charge in [0.1, 0.15) is 11.8 Å². The minimum atomic E-state index is -4.45. The highest BCUT2D eigenvalue weighted by Crippen LogP contribution is 2.27. The summed E-state index contributed by atoms with van der Waals surface area (Å²) in [7, 11) is -3.15. The molecular formula is C11H15N3O7S. The lowest BCUT2D eigenvalue weighted by Gasteiger charge is -2.13. The summed E-state index contributed by atoms with van der Waals surface area (Å²) in [6.45, 7) is -0.332. The fourth-order valence-electron chi connectivity index (χ4n) is 1.40. The molecule has 0 aliphatic rings. The highest BCUT2D eigenvalue weighted by atomic mass is 32.2. The second-order valence-electron chi connectivity index (χ2n) is 4.12. The molecule has 0 aromatic heterocycles. The first-order valence-electron chi connectivity index (χ1n) is 5.84. The van der Waals surface area contributed by atoms with E-state index in [1.807, 2.05) is 0 Å². The van der Waals surface area contributed by atoms with Crippen molar-refractivity contribution in [3.63, 3.8) is 0 Å². The van der Waals surface area contributed by atoms with E-state index in [0.717, 1.165) is 12.1 Å². The second-order valence-corrected chi connectivity index (χ2v) is 5.54. The van der Waals surface area contributed by atoms with Gasteiger partial charge in [-0.05, 0) is 18.2 Å². The van der Waals surface area contributed by atoms with Gasteiger partial charge >= 0.3 is 12.0 Å². The molecule has 0 aliphatic carbocycles. The van der Waals surface area contributed by atoms with Crippen molar-refractivity contribution >= 4 is 27.8 Å². The van der Waals surface area contributed by atoms with Crippen molar-refractivity contribution in [1.29, 1.82) is 0 Å². The molecule has 1 unspecified atom stereocenters. The molecule has 0 saturated carbocycles. The highest BCUT2D eigenvalue weighted by Gasteiger charge is 2.16. The number of nitrogens with one attached hydrogen (secondary N) is 2. The number of hydrogen-bond acceptors (Lipinski definition) is 6. The van der Waals surface area contributed by atoms with Gasteiger partial charge in [0.05, 0.1) is 17.7 Å². The summed E-state index contributed by atoms with van der Waals surface area (Å²) < 4.78 is 36.0. The van der Waals surface area contributed by atoms with Crippen molar-refractivity contribution in [3.05, 3.63) is 18.2 Å². The van der Waals surface area contributed by atoms with Gasteiger partial charge in [0.25, 0.3) is 10.1 Å². The third-order valence-electron chi connectivity index (χ3n) is 2.52. The normalized spacial score (nSPS) is 12.3. The Hall–Kier alpha value is -2.37. The summed E-state index contributed by atoms with van der Waals surface area (Å²) >= 11 is 0. The van der Waals surface area contributed by atoms with E-state index in [9.17, 15) is 18.0 Å². The van der Waals surface area contributed by atoms with Gasteiger partial charge in [0, 0.05) is 6.54 Å². The largest absolute Gasteiger partial charge is 0.495 e. The van der Waals surface area contributed by atoms with Gasteiger partial charge < -0.3 is 26.2 Å². The van der Waals surface area contributed by atoms with Crippen LogP contribution in [0.4, 0.5) is 10.5 Å². The molecule has 1 aromatic rings. The molecule has 22 heavy (non-hydrogen) atoms. The van der Waals surface area contributed by atoms with E-state index in [1.54, 1.807) is 0 Å². The number of ether oxygens (including phenoxy) is 1. The van der Waals surface area contributed by atoms with Crippen LogP contribution < -0.4 is 21.1 Å². The second kappa shape index (κ2) is 7.06. The number of carbonyl (C=O) groups is 2. The van der Waals surface area contributed by atoms with Crippen LogP contribution in [0.5, 0.6) is 5.75 Å². The standard InChI is InChI=1S/C11H15N3O7S/c1-21-9-3-2-6(22(18,19)20)4-8(9)14-11(17)13-5-7(12)10(15)16/h2-4,7H,5,12H2,1H3,(H,15,16)(H2,13,14,17)(H,18,19,20). The number of urea groups is 1. The Morgan fingerprint density at radius 2 is 2.05 bits per heavy atom. The smallest absolute Gasteiger partial charge is 0.322 e. The van der Waals surface area contributed by atoms with Crippen molar-refractivity contribution in [2.75, 3.05) is 19.0 Å². The van der Waals surface area contributed by atoms with E-state index in [2.05, 4.69) is 10.6 Å². The molecule has 1 aromatic carbocycles. The lowest BCUT2D eigenvalue weighted by atomic mass is 10.3. The maximum absolute atomic E-state index is 11.6. The third kappa shape index (κ3) is 4.87. The van der Waals surface area contributed by atoms with E-state index < -0.39 is 33.1 Å². The number of carboxylic acid groups (broad SMARTS) is 1. The van der Waals surface area contributed by atoms with Crippen LogP contribution in [0.25, 0.3) is 0 Å². The van der Waals surface area contributed by atoms with Gasteiger partial charge in [-0.1, -0.05) is 0 Å². The fourth-order valence-corrected chi connectivity index (χ4v) is 1.91. The number of benzene rings is 1. The number of rotatable bonds is 6. The molecule has 0 spiro atoms. The zero-order valence-corrected chi connectivity index (χ0v) is 12.3. The van der Waals surface area contributed by atoms with E-state index in [0.29, 0.717) is 0 Å². The number of aliphatic carboxylic acids is 1. The first kappa shape index (κ1) is 17.7. The molecular weight excluding hydrogens is 318 g/mol. The molecule has 11 heteroatoms. The first-order valence-corrected chi connectivity index (χ1v) is 7.28. The number of methoxy groups -OCH3 is 1. The van der Waals surface area contributed by atoms with Gasteiger partial charge in [-0.3, -0.25) is 9.35 Å². The van der Waals surface area contributed by atoms with E-state index in [4.69, 9.17) is 20.1 Å². The number of nitrogens with two attached hydrogens (primary N) is 1. The van der Waals surface area contributed by atoms with E-state index in [1.165, 1.54) is 13.2 Å². The Kier molecular flexibility index (Phi) is 5.68. The van der Waals surface area contributed by atoms with Crippen LogP contribution in [0.15, 0.2) is 23.1 Å². The minimum absolute atomic E-state index is 0.0287. The summed E-state index contributed by atoms with van der Waals surface area (Å²) in [6, 6.07) is 1.23. The molecule has 1 atom stereocenters. The molecule has 0 aliphatic heterocycles. The molecule has 0 radical (unpaired) electrons. The summed E-state index contributed by atoms with van der Waals surface area (Å²) in [5, 5.41) is 13.0. The van der Waals surface area contributed by atoms with Crippen LogP contribution in [0.3, 0.4) is 0 Å². The van der Waals surface area contributed by atoms with Crippen LogP contribution in [-0.4, -0.2) is 49.8 Å². The zero-order chi connectivity index (χ0) is 16.9. The van der Waals surface area contributed by atoms with Gasteiger partial charge in [-0.15, -0.1) is 0 Å². The van der Waals surface area contributed by atoms with Crippen LogP contribution >= 0.6 is 0 Å². The number of amides is 2. The Morgan fingerprint density at radius 1 is 1.41 bits per heavy atom. The van der Waals surface area contributed by atoms with Gasteiger partial charge in [0.2, 0.25) is 0 Å². The summed E-state index contributed by atoms with van der Waals surface area (Å²) in [5.74, 6) is -1.14. The Morgan fingerprint density at radius 3 is 2.55 bits per heavy atom. The molecule has 0 saturated heterocycles. The average molecular weight is 333 g/mol.